The predicted octanol–water partition coefficient (Wildman–Crippen LogP) is 2.19. The second kappa shape index (κ2) is 5.48. The third-order valence-electron chi connectivity index (χ3n) is 3.47. The van der Waals surface area contributed by atoms with Crippen molar-refractivity contribution in [2.75, 3.05) is 31.6 Å². The number of anilines is 1. The number of likely N-dealkylation sites (tertiary alicyclic amines) is 1. The van der Waals surface area contributed by atoms with Gasteiger partial charge in [-0.05, 0) is 50.6 Å². The van der Waals surface area contributed by atoms with Gasteiger partial charge >= 0.3 is 0 Å². The van der Waals surface area contributed by atoms with Gasteiger partial charge in [0, 0.05) is 12.7 Å². The van der Waals surface area contributed by atoms with Crippen molar-refractivity contribution in [3.05, 3.63) is 29.6 Å². The summed E-state index contributed by atoms with van der Waals surface area (Å²) in [5, 5.41) is 0. The number of carbonyl (C=O) groups is 1. The highest BCUT2D eigenvalue weighted by Gasteiger charge is 2.18. The van der Waals surface area contributed by atoms with Crippen molar-refractivity contribution in [1.82, 2.24) is 4.90 Å². The van der Waals surface area contributed by atoms with Crippen LogP contribution in [0.2, 0.25) is 0 Å². The van der Waals surface area contributed by atoms with Gasteiger partial charge in [0.1, 0.15) is 5.82 Å². The summed E-state index contributed by atoms with van der Waals surface area (Å²) in [5.74, 6) is -0.256. The van der Waals surface area contributed by atoms with E-state index in [0.717, 1.165) is 25.9 Å². The largest absolute Gasteiger partial charge is 0.314 e. The Bertz CT molecular complexity index is 441. The first-order valence-corrected chi connectivity index (χ1v) is 6.33. The summed E-state index contributed by atoms with van der Waals surface area (Å²) in [6.07, 6.45) is 2.33. The maximum Gasteiger partial charge on any atom is 0.240 e. The molecule has 1 aliphatic heterocycles. The minimum Gasteiger partial charge on any atom is -0.314 e. The van der Waals surface area contributed by atoms with Crippen molar-refractivity contribution in [1.29, 1.82) is 0 Å². The molecule has 4 heteroatoms. The van der Waals surface area contributed by atoms with Gasteiger partial charge in [-0.3, -0.25) is 9.69 Å². The van der Waals surface area contributed by atoms with Crippen LogP contribution in [0.4, 0.5) is 10.1 Å². The van der Waals surface area contributed by atoms with E-state index in [1.165, 1.54) is 11.0 Å². The van der Waals surface area contributed by atoms with Crippen LogP contribution in [0.3, 0.4) is 0 Å². The molecule has 0 atom stereocenters. The molecular formula is C14H19FN2O. The topological polar surface area (TPSA) is 23.6 Å². The van der Waals surface area contributed by atoms with Gasteiger partial charge in [-0.15, -0.1) is 0 Å². The Labute approximate surface area is 107 Å². The van der Waals surface area contributed by atoms with E-state index < -0.39 is 0 Å². The van der Waals surface area contributed by atoms with Gasteiger partial charge in [0.05, 0.1) is 6.54 Å². The molecular weight excluding hydrogens is 231 g/mol. The zero-order valence-corrected chi connectivity index (χ0v) is 10.9. The number of benzene rings is 1. The first-order valence-electron chi connectivity index (χ1n) is 6.33. The molecule has 0 radical (unpaired) electrons. The molecule has 1 aromatic carbocycles. The zero-order chi connectivity index (χ0) is 13.1. The van der Waals surface area contributed by atoms with E-state index in [9.17, 15) is 9.18 Å². The Morgan fingerprint density at radius 1 is 1.39 bits per heavy atom. The van der Waals surface area contributed by atoms with Crippen LogP contribution in [0.15, 0.2) is 18.2 Å². The van der Waals surface area contributed by atoms with E-state index >= 15 is 0 Å². The second-order valence-corrected chi connectivity index (χ2v) is 4.87. The summed E-state index contributed by atoms with van der Waals surface area (Å²) in [6.45, 7) is 4.11. The summed E-state index contributed by atoms with van der Waals surface area (Å²) in [6, 6.07) is 4.89. The lowest BCUT2D eigenvalue weighted by atomic mass is 10.2. The lowest BCUT2D eigenvalue weighted by Gasteiger charge is -2.21. The highest BCUT2D eigenvalue weighted by Crippen LogP contribution is 2.18. The number of likely N-dealkylation sites (N-methyl/N-ethyl adjacent to an activating group) is 1. The summed E-state index contributed by atoms with van der Waals surface area (Å²) >= 11 is 0. The molecule has 0 bridgehead atoms. The number of hydrogen-bond donors (Lipinski definition) is 0. The van der Waals surface area contributed by atoms with Crippen LogP contribution < -0.4 is 4.90 Å². The van der Waals surface area contributed by atoms with Crippen LogP contribution in [0, 0.1) is 12.7 Å². The minimum absolute atomic E-state index is 0.0140. The van der Waals surface area contributed by atoms with Crippen LogP contribution in [-0.2, 0) is 4.79 Å². The van der Waals surface area contributed by atoms with E-state index in [2.05, 4.69) is 4.90 Å². The quantitative estimate of drug-likeness (QED) is 0.821. The van der Waals surface area contributed by atoms with Crippen molar-refractivity contribution in [3.63, 3.8) is 0 Å². The van der Waals surface area contributed by atoms with Crippen LogP contribution in [0.5, 0.6) is 0 Å². The van der Waals surface area contributed by atoms with E-state index in [1.807, 2.05) is 0 Å². The van der Waals surface area contributed by atoms with Crippen molar-refractivity contribution in [2.24, 2.45) is 0 Å². The summed E-state index contributed by atoms with van der Waals surface area (Å²) in [5.41, 5.74) is 1.21. The van der Waals surface area contributed by atoms with Gasteiger partial charge in [-0.1, -0.05) is 6.07 Å². The van der Waals surface area contributed by atoms with Crippen LogP contribution in [0.25, 0.3) is 0 Å². The molecule has 0 spiro atoms. The Balaban J connectivity index is 2.02. The van der Waals surface area contributed by atoms with Crippen molar-refractivity contribution in [3.8, 4) is 0 Å². The van der Waals surface area contributed by atoms with Gasteiger partial charge in [0.15, 0.2) is 0 Å². The predicted molar refractivity (Wildman–Crippen MR) is 70.2 cm³/mol. The van der Waals surface area contributed by atoms with Crippen molar-refractivity contribution >= 4 is 11.6 Å². The molecule has 1 heterocycles. The average Bonchev–Trinajstić information content (AvgIpc) is 2.84. The van der Waals surface area contributed by atoms with Gasteiger partial charge in [0.2, 0.25) is 5.91 Å². The normalized spacial score (nSPS) is 15.9. The number of nitrogens with zero attached hydrogens (tertiary/aromatic N) is 2. The fraction of sp³-hybridized carbons (Fsp3) is 0.500. The van der Waals surface area contributed by atoms with Crippen molar-refractivity contribution in [2.45, 2.75) is 19.8 Å². The molecule has 1 aliphatic rings. The Hall–Kier alpha value is -1.42. The molecule has 1 aromatic rings. The smallest absolute Gasteiger partial charge is 0.240 e. The van der Waals surface area contributed by atoms with Crippen LogP contribution in [-0.4, -0.2) is 37.5 Å². The molecule has 1 fully saturated rings. The lowest BCUT2D eigenvalue weighted by Crippen LogP contribution is -2.37. The molecule has 0 N–H and O–H groups in total. The van der Waals surface area contributed by atoms with Crippen molar-refractivity contribution < 1.29 is 9.18 Å². The molecule has 18 heavy (non-hydrogen) atoms. The Kier molecular flexibility index (Phi) is 3.97. The molecule has 0 aromatic heterocycles. The van der Waals surface area contributed by atoms with E-state index in [1.54, 1.807) is 26.1 Å². The van der Waals surface area contributed by atoms with Gasteiger partial charge in [-0.25, -0.2) is 4.39 Å². The summed E-state index contributed by atoms with van der Waals surface area (Å²) < 4.78 is 13.5. The molecule has 3 nitrogen and oxygen atoms in total. The van der Waals surface area contributed by atoms with Crippen LogP contribution in [0.1, 0.15) is 18.4 Å². The summed E-state index contributed by atoms with van der Waals surface area (Å²) in [7, 11) is 1.70. The standard InChI is InChI=1S/C14H19FN2O/c1-11-5-6-12(9-13(11)15)16(2)14(18)10-17-7-3-4-8-17/h5-6,9H,3-4,7-8,10H2,1-2H3. The molecule has 2 rings (SSSR count). The third-order valence-corrected chi connectivity index (χ3v) is 3.47. The maximum absolute atomic E-state index is 13.5. The first-order chi connectivity index (χ1) is 8.58. The summed E-state index contributed by atoms with van der Waals surface area (Å²) in [4.78, 5) is 15.7. The number of halogens is 1. The Morgan fingerprint density at radius 2 is 2.06 bits per heavy atom. The number of rotatable bonds is 3. The fourth-order valence-corrected chi connectivity index (χ4v) is 2.17. The molecule has 1 saturated heterocycles. The SMILES string of the molecule is Cc1ccc(N(C)C(=O)CN2CCCC2)cc1F. The third kappa shape index (κ3) is 2.88. The van der Waals surface area contributed by atoms with Gasteiger partial charge < -0.3 is 4.90 Å². The molecule has 0 aliphatic carbocycles. The second-order valence-electron chi connectivity index (χ2n) is 4.87. The van der Waals surface area contributed by atoms with Gasteiger partial charge in [-0.2, -0.15) is 0 Å². The number of amides is 1. The zero-order valence-electron chi connectivity index (χ0n) is 10.9. The highest BCUT2D eigenvalue weighted by molar-refractivity contribution is 5.94. The Morgan fingerprint density at radius 3 is 2.67 bits per heavy atom. The number of hydrogen-bond acceptors (Lipinski definition) is 2. The fourth-order valence-electron chi connectivity index (χ4n) is 2.17. The molecule has 98 valence electrons. The van der Waals surface area contributed by atoms with E-state index in [-0.39, 0.29) is 11.7 Å². The van der Waals surface area contributed by atoms with Gasteiger partial charge in [0.25, 0.3) is 0 Å². The van der Waals surface area contributed by atoms with E-state index in [0.29, 0.717) is 17.8 Å². The number of carbonyl (C=O) groups excluding carboxylic acids is 1. The lowest BCUT2D eigenvalue weighted by molar-refractivity contribution is -0.119. The molecule has 0 saturated carbocycles. The first kappa shape index (κ1) is 13.0. The maximum atomic E-state index is 13.5. The van der Waals surface area contributed by atoms with Crippen LogP contribution >= 0.6 is 0 Å². The van der Waals surface area contributed by atoms with E-state index in [4.69, 9.17) is 0 Å². The monoisotopic (exact) mass is 250 g/mol. The average molecular weight is 250 g/mol. The molecule has 1 amide bonds. The number of aryl methyl sites for hydroxylation is 1. The minimum atomic E-state index is -0.270. The molecule has 0 unspecified atom stereocenters. The highest BCUT2D eigenvalue weighted by atomic mass is 19.1.